The summed E-state index contributed by atoms with van der Waals surface area (Å²) in [5.74, 6) is 0.0194. The van der Waals surface area contributed by atoms with E-state index >= 15 is 0 Å². The van der Waals surface area contributed by atoms with Crippen LogP contribution in [0.25, 0.3) is 0 Å². The Kier molecular flexibility index (Phi) is 4.73. The standard InChI is InChI=1S/C14H20N2O2/c17-11-13(14(18)16-8-4-5-9-16)15-10-12-6-2-1-3-7-12/h1-3,6-7,13,15,17H,4-5,8-11H2/t13-/m0/s1. The lowest BCUT2D eigenvalue weighted by atomic mass is 10.2. The van der Waals surface area contributed by atoms with Crippen molar-refractivity contribution in [3.05, 3.63) is 35.9 Å². The lowest BCUT2D eigenvalue weighted by molar-refractivity contribution is -0.133. The van der Waals surface area contributed by atoms with E-state index in [1.165, 1.54) is 0 Å². The molecule has 18 heavy (non-hydrogen) atoms. The van der Waals surface area contributed by atoms with E-state index in [0.29, 0.717) is 6.54 Å². The lowest BCUT2D eigenvalue weighted by Crippen LogP contribution is -2.47. The third-order valence-corrected chi connectivity index (χ3v) is 3.29. The zero-order valence-corrected chi connectivity index (χ0v) is 10.5. The van der Waals surface area contributed by atoms with Crippen LogP contribution in [0.1, 0.15) is 18.4 Å². The van der Waals surface area contributed by atoms with Crippen molar-refractivity contribution in [2.75, 3.05) is 19.7 Å². The number of hydrogen-bond acceptors (Lipinski definition) is 3. The summed E-state index contributed by atoms with van der Waals surface area (Å²) < 4.78 is 0. The molecule has 1 aromatic rings. The second-order valence-corrected chi connectivity index (χ2v) is 4.63. The Morgan fingerprint density at radius 1 is 1.28 bits per heavy atom. The van der Waals surface area contributed by atoms with Gasteiger partial charge in [0, 0.05) is 19.6 Å². The molecule has 1 fully saturated rings. The fourth-order valence-corrected chi connectivity index (χ4v) is 2.22. The second kappa shape index (κ2) is 6.52. The Bertz CT molecular complexity index is 375. The van der Waals surface area contributed by atoms with Crippen molar-refractivity contribution in [1.29, 1.82) is 0 Å². The van der Waals surface area contributed by atoms with Gasteiger partial charge < -0.3 is 10.0 Å². The van der Waals surface area contributed by atoms with Gasteiger partial charge in [-0.15, -0.1) is 0 Å². The number of aliphatic hydroxyl groups is 1. The van der Waals surface area contributed by atoms with E-state index in [4.69, 9.17) is 0 Å². The van der Waals surface area contributed by atoms with Crippen molar-refractivity contribution >= 4 is 5.91 Å². The Labute approximate surface area is 108 Å². The molecule has 0 aliphatic carbocycles. The molecule has 1 aliphatic rings. The molecule has 0 saturated carbocycles. The summed E-state index contributed by atoms with van der Waals surface area (Å²) in [6.07, 6.45) is 2.14. The molecule has 0 radical (unpaired) electrons. The fraction of sp³-hybridized carbons (Fsp3) is 0.500. The molecule has 2 rings (SSSR count). The molecule has 98 valence electrons. The van der Waals surface area contributed by atoms with Crippen molar-refractivity contribution in [2.24, 2.45) is 0 Å². The smallest absolute Gasteiger partial charge is 0.242 e. The van der Waals surface area contributed by atoms with Crippen LogP contribution in [0.4, 0.5) is 0 Å². The zero-order chi connectivity index (χ0) is 12.8. The third-order valence-electron chi connectivity index (χ3n) is 3.29. The van der Waals surface area contributed by atoms with Crippen LogP contribution in [-0.2, 0) is 11.3 Å². The van der Waals surface area contributed by atoms with Crippen LogP contribution in [0.5, 0.6) is 0 Å². The van der Waals surface area contributed by atoms with Crippen molar-refractivity contribution in [1.82, 2.24) is 10.2 Å². The summed E-state index contributed by atoms with van der Waals surface area (Å²) in [5, 5.41) is 12.4. The van der Waals surface area contributed by atoms with Gasteiger partial charge in [0.1, 0.15) is 6.04 Å². The number of nitrogens with zero attached hydrogens (tertiary/aromatic N) is 1. The molecule has 1 aromatic carbocycles. The van der Waals surface area contributed by atoms with Crippen LogP contribution in [0.3, 0.4) is 0 Å². The Morgan fingerprint density at radius 3 is 2.56 bits per heavy atom. The number of rotatable bonds is 5. The summed E-state index contributed by atoms with van der Waals surface area (Å²) in [7, 11) is 0. The Morgan fingerprint density at radius 2 is 1.94 bits per heavy atom. The number of benzene rings is 1. The van der Waals surface area contributed by atoms with Crippen LogP contribution < -0.4 is 5.32 Å². The largest absolute Gasteiger partial charge is 0.394 e. The highest BCUT2D eigenvalue weighted by Crippen LogP contribution is 2.09. The normalized spacial score (nSPS) is 16.8. The molecule has 2 N–H and O–H groups in total. The molecule has 1 amide bonds. The van der Waals surface area contributed by atoms with Gasteiger partial charge in [-0.1, -0.05) is 30.3 Å². The number of carbonyl (C=O) groups excluding carboxylic acids is 1. The summed E-state index contributed by atoms with van der Waals surface area (Å²) in [6, 6.07) is 9.41. The van der Waals surface area contributed by atoms with Gasteiger partial charge in [-0.05, 0) is 18.4 Å². The maximum Gasteiger partial charge on any atom is 0.242 e. The Hall–Kier alpha value is -1.39. The monoisotopic (exact) mass is 248 g/mol. The zero-order valence-electron chi connectivity index (χ0n) is 10.5. The van der Waals surface area contributed by atoms with Crippen molar-refractivity contribution in [3.8, 4) is 0 Å². The second-order valence-electron chi connectivity index (χ2n) is 4.63. The average molecular weight is 248 g/mol. The molecule has 0 unspecified atom stereocenters. The average Bonchev–Trinajstić information content (AvgIpc) is 2.94. The van der Waals surface area contributed by atoms with Crippen LogP contribution in [-0.4, -0.2) is 41.7 Å². The van der Waals surface area contributed by atoms with Crippen molar-refractivity contribution < 1.29 is 9.90 Å². The fourth-order valence-electron chi connectivity index (χ4n) is 2.22. The van der Waals surface area contributed by atoms with Gasteiger partial charge in [-0.2, -0.15) is 0 Å². The van der Waals surface area contributed by atoms with Crippen molar-refractivity contribution in [3.63, 3.8) is 0 Å². The van der Waals surface area contributed by atoms with Crippen LogP contribution in [0.2, 0.25) is 0 Å². The number of amides is 1. The van der Waals surface area contributed by atoms with Gasteiger partial charge in [0.05, 0.1) is 6.61 Å². The number of hydrogen-bond donors (Lipinski definition) is 2. The van der Waals surface area contributed by atoms with E-state index in [2.05, 4.69) is 5.32 Å². The molecule has 4 nitrogen and oxygen atoms in total. The van der Waals surface area contributed by atoms with Crippen LogP contribution >= 0.6 is 0 Å². The van der Waals surface area contributed by atoms with E-state index in [0.717, 1.165) is 31.5 Å². The summed E-state index contributed by atoms with van der Waals surface area (Å²) in [4.78, 5) is 13.9. The molecule has 0 spiro atoms. The molecule has 4 heteroatoms. The first-order valence-corrected chi connectivity index (χ1v) is 6.48. The molecule has 1 aliphatic heterocycles. The molecule has 0 aromatic heterocycles. The predicted octanol–water partition coefficient (Wildman–Crippen LogP) is 0.759. The van der Waals surface area contributed by atoms with Gasteiger partial charge in [-0.25, -0.2) is 0 Å². The number of nitrogens with one attached hydrogen (secondary N) is 1. The summed E-state index contributed by atoms with van der Waals surface area (Å²) in [6.45, 7) is 2.10. The van der Waals surface area contributed by atoms with Crippen molar-refractivity contribution in [2.45, 2.75) is 25.4 Å². The maximum absolute atomic E-state index is 12.1. The van der Waals surface area contributed by atoms with E-state index in [9.17, 15) is 9.90 Å². The lowest BCUT2D eigenvalue weighted by Gasteiger charge is -2.22. The highest BCUT2D eigenvalue weighted by molar-refractivity contribution is 5.82. The minimum absolute atomic E-state index is 0.0194. The number of carbonyl (C=O) groups is 1. The minimum Gasteiger partial charge on any atom is -0.394 e. The molecular weight excluding hydrogens is 228 g/mol. The topological polar surface area (TPSA) is 52.6 Å². The van der Waals surface area contributed by atoms with Gasteiger partial charge in [0.15, 0.2) is 0 Å². The van der Waals surface area contributed by atoms with E-state index < -0.39 is 6.04 Å². The summed E-state index contributed by atoms with van der Waals surface area (Å²) >= 11 is 0. The molecule has 1 heterocycles. The van der Waals surface area contributed by atoms with Gasteiger partial charge in [-0.3, -0.25) is 10.1 Å². The summed E-state index contributed by atoms with van der Waals surface area (Å²) in [5.41, 5.74) is 1.12. The first-order valence-electron chi connectivity index (χ1n) is 6.48. The number of likely N-dealkylation sites (tertiary alicyclic amines) is 1. The molecule has 1 atom stereocenters. The SMILES string of the molecule is O=C([C@H](CO)NCc1ccccc1)N1CCCC1. The molecular formula is C14H20N2O2. The van der Waals surface area contributed by atoms with E-state index in [-0.39, 0.29) is 12.5 Å². The molecule has 1 saturated heterocycles. The first-order chi connectivity index (χ1) is 8.81. The van der Waals surface area contributed by atoms with E-state index in [1.54, 1.807) is 0 Å². The third kappa shape index (κ3) is 3.31. The van der Waals surface area contributed by atoms with Crippen LogP contribution in [0, 0.1) is 0 Å². The Balaban J connectivity index is 1.87. The van der Waals surface area contributed by atoms with Gasteiger partial charge in [0.2, 0.25) is 5.91 Å². The predicted molar refractivity (Wildman–Crippen MR) is 70.0 cm³/mol. The maximum atomic E-state index is 12.1. The number of aliphatic hydroxyl groups excluding tert-OH is 1. The molecule has 0 bridgehead atoms. The quantitative estimate of drug-likeness (QED) is 0.809. The van der Waals surface area contributed by atoms with Gasteiger partial charge in [0.25, 0.3) is 0 Å². The highest BCUT2D eigenvalue weighted by Gasteiger charge is 2.25. The highest BCUT2D eigenvalue weighted by atomic mass is 16.3. The van der Waals surface area contributed by atoms with E-state index in [1.807, 2.05) is 35.2 Å². The van der Waals surface area contributed by atoms with Crippen LogP contribution in [0.15, 0.2) is 30.3 Å². The van der Waals surface area contributed by atoms with Gasteiger partial charge >= 0.3 is 0 Å². The first kappa shape index (κ1) is 13.1. The minimum atomic E-state index is -0.483.